The summed E-state index contributed by atoms with van der Waals surface area (Å²) < 4.78 is 0. The third-order valence-electron chi connectivity index (χ3n) is 16.2. The Hall–Kier alpha value is -8.06. The van der Waals surface area contributed by atoms with Crippen molar-refractivity contribution in [3.8, 4) is 77.9 Å². The van der Waals surface area contributed by atoms with Gasteiger partial charge in [-0.3, -0.25) is 0 Å². The molecule has 2 unspecified atom stereocenters. The molecule has 2 atom stereocenters. The number of allylic oxidation sites excluding steroid dienone is 4. The van der Waals surface area contributed by atoms with Crippen LogP contribution in [0.15, 0.2) is 218 Å². The fourth-order valence-electron chi connectivity index (χ4n) is 13.2. The highest BCUT2D eigenvalue weighted by Crippen LogP contribution is 2.58. The summed E-state index contributed by atoms with van der Waals surface area (Å²) in [5, 5.41) is 10.5. The first-order chi connectivity index (χ1) is 33.0. The van der Waals surface area contributed by atoms with Gasteiger partial charge in [0.25, 0.3) is 0 Å². The van der Waals surface area contributed by atoms with Crippen molar-refractivity contribution in [2.24, 2.45) is 0 Å². The van der Waals surface area contributed by atoms with Crippen LogP contribution in [0.2, 0.25) is 0 Å². The molecule has 0 saturated heterocycles. The summed E-state index contributed by atoms with van der Waals surface area (Å²) in [6.07, 6.45) is 9.23. The van der Waals surface area contributed by atoms with Crippen LogP contribution in [0.1, 0.15) is 47.9 Å². The number of benzene rings is 11. The molecular weight excluding hydrogens is 805 g/mol. The van der Waals surface area contributed by atoms with Gasteiger partial charge in [0.1, 0.15) is 0 Å². The van der Waals surface area contributed by atoms with Gasteiger partial charge < -0.3 is 0 Å². The SMILES string of the molecule is CC1(C)c2cc(C3C=CC=CC3c3ccccc3)ccc2-c2cc3c(-c4ccc5c6c(cccc46)-c4ccccc4-5)c4ccccc4c(-c4ccc5c6c(cccc46)-c4ccccc4-5)c3cc21. The molecule has 11 aromatic carbocycles. The van der Waals surface area contributed by atoms with Crippen molar-refractivity contribution >= 4 is 43.1 Å². The molecule has 67 heavy (non-hydrogen) atoms. The zero-order valence-corrected chi connectivity index (χ0v) is 37.4. The van der Waals surface area contributed by atoms with Gasteiger partial charge in [-0.15, -0.1) is 0 Å². The predicted octanol–water partition coefficient (Wildman–Crippen LogP) is 18.2. The van der Waals surface area contributed by atoms with E-state index < -0.39 is 0 Å². The lowest BCUT2D eigenvalue weighted by Gasteiger charge is -2.27. The van der Waals surface area contributed by atoms with Gasteiger partial charge in [-0.1, -0.05) is 220 Å². The van der Waals surface area contributed by atoms with Crippen molar-refractivity contribution < 1.29 is 0 Å². The van der Waals surface area contributed by atoms with Crippen molar-refractivity contribution in [1.82, 2.24) is 0 Å². The Morgan fingerprint density at radius 1 is 0.284 bits per heavy atom. The summed E-state index contributed by atoms with van der Waals surface area (Å²) in [6, 6.07) is 74.3. The maximum atomic E-state index is 2.61. The minimum atomic E-state index is -0.230. The summed E-state index contributed by atoms with van der Waals surface area (Å²) >= 11 is 0. The maximum absolute atomic E-state index is 2.61. The van der Waals surface area contributed by atoms with E-state index >= 15 is 0 Å². The molecule has 0 nitrogen and oxygen atoms in total. The number of fused-ring (bicyclic) bond motifs is 11. The van der Waals surface area contributed by atoms with Crippen LogP contribution in [0.4, 0.5) is 0 Å². The van der Waals surface area contributed by atoms with E-state index in [4.69, 9.17) is 0 Å². The molecule has 0 heterocycles. The van der Waals surface area contributed by atoms with Gasteiger partial charge in [0.05, 0.1) is 0 Å². The highest BCUT2D eigenvalue weighted by atomic mass is 14.4. The Morgan fingerprint density at radius 3 is 1.27 bits per heavy atom. The standard InChI is InChI=1S/C67H44/c1-67(2)61-36-40(42-19-7-6-18-41(42)39-16-4-3-5-17-39)30-31-47(61)58-37-59-60(38-62(58)67)66(57-35-33-55-46-23-11-9-21-44(46)49-27-15-29-53(57)64(49)55)51-25-13-12-24-50(51)65(59)56-34-32-54-45-22-10-8-20-43(45)48-26-14-28-52(56)63(48)54/h3-38,41-42H,1-2H3. The van der Waals surface area contributed by atoms with Crippen LogP contribution in [0.25, 0.3) is 121 Å². The lowest BCUT2D eigenvalue weighted by atomic mass is 9.76. The lowest BCUT2D eigenvalue weighted by molar-refractivity contribution is 0.656. The van der Waals surface area contributed by atoms with Crippen LogP contribution in [0.3, 0.4) is 0 Å². The van der Waals surface area contributed by atoms with E-state index in [1.54, 1.807) is 0 Å². The largest absolute Gasteiger partial charge is 0.0761 e. The van der Waals surface area contributed by atoms with E-state index in [0.717, 1.165) is 0 Å². The Bertz CT molecular complexity index is 4000. The first-order valence-corrected chi connectivity index (χ1v) is 23.9. The summed E-state index contributed by atoms with van der Waals surface area (Å²) in [6.45, 7) is 4.91. The molecule has 0 heteroatoms. The summed E-state index contributed by atoms with van der Waals surface area (Å²) in [5.74, 6) is 0.539. The van der Waals surface area contributed by atoms with Gasteiger partial charge >= 0.3 is 0 Å². The Morgan fingerprint density at radius 2 is 0.701 bits per heavy atom. The van der Waals surface area contributed by atoms with Crippen molar-refractivity contribution in [3.63, 3.8) is 0 Å². The van der Waals surface area contributed by atoms with Crippen LogP contribution < -0.4 is 0 Å². The minimum Gasteiger partial charge on any atom is -0.0761 e. The van der Waals surface area contributed by atoms with Crippen molar-refractivity contribution in [1.29, 1.82) is 0 Å². The quantitative estimate of drug-likeness (QED) is 0.155. The van der Waals surface area contributed by atoms with Gasteiger partial charge in [-0.2, -0.15) is 0 Å². The maximum Gasteiger partial charge on any atom is 0.0159 e. The molecule has 4 aliphatic carbocycles. The molecule has 0 amide bonds. The van der Waals surface area contributed by atoms with Crippen LogP contribution in [-0.4, -0.2) is 0 Å². The van der Waals surface area contributed by atoms with Crippen LogP contribution >= 0.6 is 0 Å². The molecule has 0 N–H and O–H groups in total. The molecule has 0 spiro atoms. The van der Waals surface area contributed by atoms with E-state index in [9.17, 15) is 0 Å². The van der Waals surface area contributed by atoms with E-state index in [1.807, 2.05) is 0 Å². The molecule has 4 aliphatic rings. The Labute approximate surface area is 390 Å². The highest BCUT2D eigenvalue weighted by Gasteiger charge is 2.38. The van der Waals surface area contributed by atoms with Gasteiger partial charge in [-0.05, 0) is 155 Å². The number of rotatable bonds is 4. The zero-order chi connectivity index (χ0) is 44.1. The molecule has 0 aliphatic heterocycles. The molecule has 312 valence electrons. The predicted molar refractivity (Wildman–Crippen MR) is 284 cm³/mol. The third-order valence-corrected chi connectivity index (χ3v) is 16.2. The summed E-state index contributed by atoms with van der Waals surface area (Å²) in [4.78, 5) is 0. The second kappa shape index (κ2) is 13.5. The van der Waals surface area contributed by atoms with E-state index in [0.29, 0.717) is 0 Å². The first kappa shape index (κ1) is 37.2. The van der Waals surface area contributed by atoms with Gasteiger partial charge in [0, 0.05) is 17.3 Å². The second-order valence-electron chi connectivity index (χ2n) is 19.8. The van der Waals surface area contributed by atoms with Crippen molar-refractivity contribution in [2.45, 2.75) is 31.1 Å². The van der Waals surface area contributed by atoms with Crippen LogP contribution in [0, 0.1) is 0 Å². The minimum absolute atomic E-state index is 0.230. The van der Waals surface area contributed by atoms with Crippen LogP contribution in [-0.2, 0) is 5.41 Å². The first-order valence-electron chi connectivity index (χ1n) is 23.9. The van der Waals surface area contributed by atoms with E-state index in [2.05, 4.69) is 232 Å². The molecule has 0 aromatic heterocycles. The molecule has 0 fully saturated rings. The molecule has 0 radical (unpaired) electrons. The third kappa shape index (κ3) is 4.97. The van der Waals surface area contributed by atoms with Gasteiger partial charge in [0.15, 0.2) is 0 Å². The number of hydrogen-bond donors (Lipinski definition) is 0. The highest BCUT2D eigenvalue weighted by molar-refractivity contribution is 6.29. The van der Waals surface area contributed by atoms with Crippen molar-refractivity contribution in [2.75, 3.05) is 0 Å². The van der Waals surface area contributed by atoms with Crippen LogP contribution in [0.5, 0.6) is 0 Å². The van der Waals surface area contributed by atoms with Gasteiger partial charge in [-0.25, -0.2) is 0 Å². The molecule has 11 aromatic rings. The second-order valence-corrected chi connectivity index (χ2v) is 19.8. The smallest absolute Gasteiger partial charge is 0.0159 e. The van der Waals surface area contributed by atoms with Gasteiger partial charge in [0.2, 0.25) is 0 Å². The average Bonchev–Trinajstić information content (AvgIpc) is 3.97. The summed E-state index contributed by atoms with van der Waals surface area (Å²) in [7, 11) is 0. The summed E-state index contributed by atoms with van der Waals surface area (Å²) in [5.41, 5.74) is 23.8. The fraction of sp³-hybridized carbons (Fsp3) is 0.0746. The van der Waals surface area contributed by atoms with Crippen molar-refractivity contribution in [3.05, 3.63) is 241 Å². The van der Waals surface area contributed by atoms with E-state index in [-0.39, 0.29) is 17.3 Å². The Kier molecular flexibility index (Phi) is 7.50. The molecule has 0 saturated carbocycles. The molecular formula is C67H44. The molecule has 0 bridgehead atoms. The zero-order valence-electron chi connectivity index (χ0n) is 37.4. The Balaban J connectivity index is 1.03. The molecule has 15 rings (SSSR count). The normalized spacial score (nSPS) is 16.5. The average molecular weight is 849 g/mol. The number of hydrogen-bond acceptors (Lipinski definition) is 0. The monoisotopic (exact) mass is 848 g/mol. The topological polar surface area (TPSA) is 0 Å². The lowest BCUT2D eigenvalue weighted by Crippen LogP contribution is -2.16. The van der Waals surface area contributed by atoms with E-state index in [1.165, 1.54) is 143 Å². The fourth-order valence-corrected chi connectivity index (χ4v) is 13.2.